The first kappa shape index (κ1) is 29.6. The Labute approximate surface area is 176 Å². The fourth-order valence-corrected chi connectivity index (χ4v) is 1.77. The third-order valence-electron chi connectivity index (χ3n) is 2.76. The van der Waals surface area contributed by atoms with E-state index in [1.807, 2.05) is 30.3 Å². The molecule has 0 heterocycles. The van der Waals surface area contributed by atoms with Crippen LogP contribution >= 0.6 is 0 Å². The molecule has 0 aromatic heterocycles. The summed E-state index contributed by atoms with van der Waals surface area (Å²) in [5.74, 6) is 0.994. The fraction of sp³-hybridized carbons (Fsp3) is 0.647. The van der Waals surface area contributed by atoms with E-state index in [9.17, 15) is 0 Å². The van der Waals surface area contributed by atoms with E-state index in [0.29, 0.717) is 0 Å². The second-order valence-corrected chi connectivity index (χ2v) is 5.94. The van der Waals surface area contributed by atoms with Gasteiger partial charge >= 0.3 is 40.0 Å². The number of unbranched alkanes of at least 4 members (excludes halogenated alkanes) is 6. The quantitative estimate of drug-likeness (QED) is 0.334. The van der Waals surface area contributed by atoms with Gasteiger partial charge in [-0.2, -0.15) is 8.42 Å². The normalized spacial score (nSPS) is 9.64. The molecule has 144 valence electrons. The maximum atomic E-state index is 8.74. The molecular weight excluding hydrogens is 355 g/mol. The zero-order valence-corrected chi connectivity index (χ0v) is 18.5. The number of para-hydroxylation sites is 1. The molecule has 0 fully saturated rings. The van der Waals surface area contributed by atoms with Crippen LogP contribution < -0.4 is 34.3 Å². The molecule has 3 N–H and O–H groups in total. The first-order valence-corrected chi connectivity index (χ1v) is 9.73. The number of ether oxygens (including phenoxy) is 1. The summed E-state index contributed by atoms with van der Waals surface area (Å²) < 4.78 is 37.2. The first-order chi connectivity index (χ1) is 11.3. The molecule has 0 spiro atoms. The monoisotopic (exact) mass is 388 g/mol. The van der Waals surface area contributed by atoms with Crippen molar-refractivity contribution in [1.82, 2.24) is 0 Å². The Morgan fingerprint density at radius 2 is 1.32 bits per heavy atom. The van der Waals surface area contributed by atoms with E-state index >= 15 is 0 Å². The summed E-state index contributed by atoms with van der Waals surface area (Å²) >= 11 is 0. The second-order valence-electron chi connectivity index (χ2n) is 5.05. The predicted octanol–water partition coefficient (Wildman–Crippen LogP) is 1.28. The average Bonchev–Trinajstić information content (AvgIpc) is 2.50. The van der Waals surface area contributed by atoms with E-state index in [4.69, 9.17) is 27.4 Å². The van der Waals surface area contributed by atoms with E-state index < -0.39 is 10.4 Å². The van der Waals surface area contributed by atoms with Crippen molar-refractivity contribution in [2.75, 3.05) is 13.2 Å². The molecule has 0 saturated carbocycles. The minimum absolute atomic E-state index is 0. The van der Waals surface area contributed by atoms with Gasteiger partial charge in [0.25, 0.3) is 0 Å². The summed E-state index contributed by atoms with van der Waals surface area (Å²) in [6.07, 6.45) is 9.35. The largest absolute Gasteiger partial charge is 1.00 e. The van der Waals surface area contributed by atoms with Crippen LogP contribution in [0.5, 0.6) is 5.75 Å². The summed E-state index contributed by atoms with van der Waals surface area (Å²) in [4.78, 5) is 0. The molecule has 0 unspecified atom stereocenters. The van der Waals surface area contributed by atoms with Gasteiger partial charge < -0.3 is 11.3 Å². The number of aliphatic hydroxyl groups excluding tert-OH is 1. The van der Waals surface area contributed by atoms with Gasteiger partial charge in [0.15, 0.2) is 0 Å². The SMILES string of the molecule is CCCCCCCCCOc1ccccc1.CCO.O=S(=O)(O)O.[H-].[Na+]. The van der Waals surface area contributed by atoms with Gasteiger partial charge in [0.1, 0.15) is 5.75 Å². The van der Waals surface area contributed by atoms with Crippen LogP contribution in [-0.4, -0.2) is 35.8 Å². The minimum Gasteiger partial charge on any atom is -1.00 e. The van der Waals surface area contributed by atoms with E-state index in [2.05, 4.69) is 6.92 Å². The van der Waals surface area contributed by atoms with Crippen molar-refractivity contribution in [3.8, 4) is 5.75 Å². The molecule has 8 heteroatoms. The summed E-state index contributed by atoms with van der Waals surface area (Å²) in [7, 11) is -4.67. The Kier molecular flexibility index (Phi) is 25.9. The molecule has 6 nitrogen and oxygen atoms in total. The molecular formula is C17H33NaO6S. The third kappa shape index (κ3) is 35.7. The molecule has 0 saturated heterocycles. The molecule has 0 aliphatic carbocycles. The van der Waals surface area contributed by atoms with Gasteiger partial charge in [0.2, 0.25) is 0 Å². The van der Waals surface area contributed by atoms with Crippen molar-refractivity contribution in [2.24, 2.45) is 0 Å². The fourth-order valence-electron chi connectivity index (χ4n) is 1.77. The van der Waals surface area contributed by atoms with E-state index in [1.165, 1.54) is 44.9 Å². The molecule has 1 aromatic carbocycles. The van der Waals surface area contributed by atoms with E-state index in [-0.39, 0.29) is 37.6 Å². The Hall–Kier alpha value is -0.150. The van der Waals surface area contributed by atoms with Gasteiger partial charge in [0.05, 0.1) is 6.61 Å². The number of hydrogen-bond donors (Lipinski definition) is 3. The molecule has 0 radical (unpaired) electrons. The summed E-state index contributed by atoms with van der Waals surface area (Å²) in [6.45, 7) is 5.05. The van der Waals surface area contributed by atoms with Crippen LogP contribution in [0, 0.1) is 0 Å². The number of hydrogen-bond acceptors (Lipinski definition) is 4. The Morgan fingerprint density at radius 1 is 0.920 bits per heavy atom. The van der Waals surface area contributed by atoms with Crippen molar-refractivity contribution in [1.29, 1.82) is 0 Å². The first-order valence-electron chi connectivity index (χ1n) is 8.33. The molecule has 0 bridgehead atoms. The smallest absolute Gasteiger partial charge is 1.00 e. The maximum Gasteiger partial charge on any atom is 1.00 e. The van der Waals surface area contributed by atoms with Gasteiger partial charge in [0, 0.05) is 6.61 Å². The Morgan fingerprint density at radius 3 is 1.76 bits per heavy atom. The third-order valence-corrected chi connectivity index (χ3v) is 2.76. The Balaban J connectivity index is -0.000000207. The van der Waals surface area contributed by atoms with Crippen molar-refractivity contribution in [3.05, 3.63) is 30.3 Å². The Bertz CT molecular complexity index is 452. The van der Waals surface area contributed by atoms with Gasteiger partial charge in [-0.05, 0) is 25.5 Å². The molecule has 25 heavy (non-hydrogen) atoms. The van der Waals surface area contributed by atoms with Crippen molar-refractivity contribution in [3.63, 3.8) is 0 Å². The summed E-state index contributed by atoms with van der Waals surface area (Å²) in [5.41, 5.74) is 0. The molecule has 0 atom stereocenters. The number of rotatable bonds is 9. The number of aliphatic hydroxyl groups is 1. The van der Waals surface area contributed by atoms with Crippen molar-refractivity contribution >= 4 is 10.4 Å². The van der Waals surface area contributed by atoms with Gasteiger partial charge in [-0.25, -0.2) is 0 Å². The summed E-state index contributed by atoms with van der Waals surface area (Å²) in [6, 6.07) is 10.1. The minimum atomic E-state index is -4.67. The standard InChI is InChI=1S/C15H24O.C2H6O.Na.H2O4S.H/c1-2-3-4-5-6-7-11-14-16-15-12-9-8-10-13-15;1-2-3;;1-5(2,3)4;/h8-10,12-13H,2-7,11,14H2,1H3;3H,2H2,1H3;;(H2,1,2,3,4);/q;;+1;;-1. The molecule has 0 aliphatic heterocycles. The van der Waals surface area contributed by atoms with Gasteiger partial charge in [-0.15, -0.1) is 0 Å². The topological polar surface area (TPSA) is 104 Å². The molecule has 1 rings (SSSR count). The zero-order chi connectivity index (χ0) is 18.7. The second kappa shape index (κ2) is 21.9. The van der Waals surface area contributed by atoms with Gasteiger partial charge in [-0.3, -0.25) is 9.11 Å². The maximum absolute atomic E-state index is 8.74. The molecule has 1 aromatic rings. The average molecular weight is 389 g/mol. The van der Waals surface area contributed by atoms with Crippen LogP contribution in [0.25, 0.3) is 0 Å². The van der Waals surface area contributed by atoms with Crippen LogP contribution in [0.2, 0.25) is 0 Å². The summed E-state index contributed by atoms with van der Waals surface area (Å²) in [5, 5.41) is 7.57. The van der Waals surface area contributed by atoms with Crippen molar-refractivity contribution < 1.29 is 58.4 Å². The zero-order valence-electron chi connectivity index (χ0n) is 16.7. The van der Waals surface area contributed by atoms with Crippen LogP contribution in [0.4, 0.5) is 0 Å². The van der Waals surface area contributed by atoms with Gasteiger partial charge in [-0.1, -0.05) is 63.6 Å². The van der Waals surface area contributed by atoms with Crippen LogP contribution in [0.1, 0.15) is 60.2 Å². The predicted molar refractivity (Wildman–Crippen MR) is 98.0 cm³/mol. The van der Waals surface area contributed by atoms with Crippen molar-refractivity contribution in [2.45, 2.75) is 58.8 Å². The van der Waals surface area contributed by atoms with E-state index in [0.717, 1.165) is 12.4 Å². The number of benzene rings is 1. The van der Waals surface area contributed by atoms with Crippen LogP contribution in [0.3, 0.4) is 0 Å². The van der Waals surface area contributed by atoms with Crippen LogP contribution in [-0.2, 0) is 10.4 Å². The van der Waals surface area contributed by atoms with Crippen LogP contribution in [0.15, 0.2) is 30.3 Å². The molecule has 0 aliphatic rings. The molecule has 0 amide bonds. The van der Waals surface area contributed by atoms with E-state index in [1.54, 1.807) is 6.92 Å².